The van der Waals surface area contributed by atoms with E-state index in [-0.39, 0.29) is 23.5 Å². The zero-order valence-corrected chi connectivity index (χ0v) is 26.8. The number of thiophene rings is 1. The molecule has 1 amide bonds. The summed E-state index contributed by atoms with van der Waals surface area (Å²) < 4.78 is 31.4. The molecule has 0 radical (unpaired) electrons. The summed E-state index contributed by atoms with van der Waals surface area (Å²) in [6.07, 6.45) is 0.243. The van der Waals surface area contributed by atoms with E-state index >= 15 is 0 Å². The van der Waals surface area contributed by atoms with Crippen LogP contribution in [0, 0.1) is 17.6 Å². The van der Waals surface area contributed by atoms with Gasteiger partial charge in [-0.15, -0.1) is 11.3 Å². The topological polar surface area (TPSA) is 91.6 Å². The molecule has 10 heteroatoms. The number of rotatable bonds is 11. The van der Waals surface area contributed by atoms with E-state index in [9.17, 15) is 28.3 Å². The SMILES string of the molecule is CC(C)C(=O)c1cn(Cc2c(F)cccc2F)c2sc(-c3ccc(NC(=O)C(C)O)cc3)c(CN(C)Cc3ccccc3)c2c1=O. The number of amides is 1. The molecule has 5 aromatic rings. The number of Topliss-reactive ketones (excluding diaryl/α,β-unsaturated/α-hetero) is 1. The molecule has 2 aromatic heterocycles. The number of aliphatic hydroxyl groups is 1. The number of nitrogens with one attached hydrogen (secondary N) is 1. The van der Waals surface area contributed by atoms with Crippen molar-refractivity contribution in [3.63, 3.8) is 0 Å². The van der Waals surface area contributed by atoms with E-state index < -0.39 is 35.0 Å². The van der Waals surface area contributed by atoms with E-state index in [2.05, 4.69) is 10.2 Å². The summed E-state index contributed by atoms with van der Waals surface area (Å²) >= 11 is 1.30. The van der Waals surface area contributed by atoms with Crippen LogP contribution in [0.1, 0.15) is 47.8 Å². The van der Waals surface area contributed by atoms with E-state index in [1.165, 1.54) is 42.7 Å². The summed E-state index contributed by atoms with van der Waals surface area (Å²) in [6.45, 7) is 5.49. The predicted octanol–water partition coefficient (Wildman–Crippen LogP) is 6.85. The molecule has 0 fully saturated rings. The average molecular weight is 644 g/mol. The summed E-state index contributed by atoms with van der Waals surface area (Å²) in [5.74, 6) is -2.83. The van der Waals surface area contributed by atoms with Crippen molar-refractivity contribution in [3.8, 4) is 10.4 Å². The summed E-state index contributed by atoms with van der Waals surface area (Å²) in [7, 11) is 1.94. The normalized spacial score (nSPS) is 12.2. The van der Waals surface area contributed by atoms with Crippen molar-refractivity contribution in [3.05, 3.63) is 123 Å². The molecule has 0 aliphatic heterocycles. The van der Waals surface area contributed by atoms with Gasteiger partial charge in [-0.2, -0.15) is 0 Å². The second-order valence-electron chi connectivity index (χ2n) is 11.7. The monoisotopic (exact) mass is 643 g/mol. The number of ketones is 1. The highest BCUT2D eigenvalue weighted by Gasteiger charge is 2.26. The third-order valence-electron chi connectivity index (χ3n) is 7.70. The van der Waals surface area contributed by atoms with Crippen LogP contribution < -0.4 is 10.7 Å². The van der Waals surface area contributed by atoms with E-state index in [0.29, 0.717) is 34.6 Å². The van der Waals surface area contributed by atoms with Gasteiger partial charge in [-0.3, -0.25) is 19.3 Å². The first kappa shape index (κ1) is 32.9. The van der Waals surface area contributed by atoms with Gasteiger partial charge in [0.2, 0.25) is 5.43 Å². The third-order valence-corrected chi connectivity index (χ3v) is 9.02. The molecule has 0 saturated heterocycles. The first-order chi connectivity index (χ1) is 21.9. The van der Waals surface area contributed by atoms with Crippen LogP contribution in [-0.4, -0.2) is 39.4 Å². The van der Waals surface area contributed by atoms with Gasteiger partial charge in [0.15, 0.2) is 5.78 Å². The van der Waals surface area contributed by atoms with Gasteiger partial charge in [0.1, 0.15) is 22.6 Å². The van der Waals surface area contributed by atoms with Gasteiger partial charge in [-0.25, -0.2) is 8.78 Å². The van der Waals surface area contributed by atoms with E-state index in [0.717, 1.165) is 16.0 Å². The van der Waals surface area contributed by atoms with Gasteiger partial charge in [-0.05, 0) is 54.9 Å². The zero-order chi connectivity index (χ0) is 33.1. The van der Waals surface area contributed by atoms with Crippen molar-refractivity contribution in [2.24, 2.45) is 5.92 Å². The fourth-order valence-corrected chi connectivity index (χ4v) is 6.60. The molecule has 2 N–H and O–H groups in total. The third kappa shape index (κ3) is 6.99. The summed E-state index contributed by atoms with van der Waals surface area (Å²) in [5, 5.41) is 12.6. The standard InChI is InChI=1S/C36H35F2N3O4S/c1-21(2)32(43)28-20-41(19-26-29(37)11-8-12-30(26)38)36-31(33(28)44)27(18-40(4)17-23-9-6-5-7-10-23)34(46-36)24-13-15-25(16-14-24)39-35(45)22(3)42/h5-16,20-22,42H,17-19H2,1-4H3,(H,39,45). The largest absolute Gasteiger partial charge is 0.384 e. The number of anilines is 1. The average Bonchev–Trinajstić information content (AvgIpc) is 3.40. The molecule has 238 valence electrons. The van der Waals surface area contributed by atoms with E-state index in [1.54, 1.807) is 42.7 Å². The molecule has 0 spiro atoms. The number of pyridine rings is 1. The molecule has 2 heterocycles. The van der Waals surface area contributed by atoms with Crippen LogP contribution in [0.5, 0.6) is 0 Å². The minimum absolute atomic E-state index is 0.0354. The Morgan fingerprint density at radius 1 is 0.913 bits per heavy atom. The van der Waals surface area contributed by atoms with Crippen molar-refractivity contribution >= 4 is 38.9 Å². The molecule has 5 rings (SSSR count). The van der Waals surface area contributed by atoms with Crippen molar-refractivity contribution in [1.82, 2.24) is 9.47 Å². The Labute approximate surface area is 269 Å². The van der Waals surface area contributed by atoms with Crippen LogP contribution in [0.4, 0.5) is 14.5 Å². The maximum absolute atomic E-state index is 14.9. The summed E-state index contributed by atoms with van der Waals surface area (Å²) in [6, 6.07) is 20.5. The molecule has 46 heavy (non-hydrogen) atoms. The Morgan fingerprint density at radius 3 is 2.17 bits per heavy atom. The number of hydrogen-bond donors (Lipinski definition) is 2. The summed E-state index contributed by atoms with van der Waals surface area (Å²) in [4.78, 5) is 42.9. The van der Waals surface area contributed by atoms with Crippen LogP contribution in [0.15, 0.2) is 83.8 Å². The van der Waals surface area contributed by atoms with E-state index in [4.69, 9.17) is 0 Å². The lowest BCUT2D eigenvalue weighted by Crippen LogP contribution is -2.24. The molecule has 3 aromatic carbocycles. The quantitative estimate of drug-likeness (QED) is 0.154. The molecule has 0 bridgehead atoms. The number of nitrogens with zero attached hydrogens (tertiary/aromatic N) is 2. The van der Waals surface area contributed by atoms with Crippen LogP contribution in [0.25, 0.3) is 20.7 Å². The van der Waals surface area contributed by atoms with Gasteiger partial charge in [0, 0.05) is 41.3 Å². The number of carbonyl (C=O) groups excluding carboxylic acids is 2. The lowest BCUT2D eigenvalue weighted by atomic mass is 9.99. The van der Waals surface area contributed by atoms with Crippen molar-refractivity contribution in [2.45, 2.75) is 46.5 Å². The number of halogens is 2. The molecule has 0 aliphatic rings. The van der Waals surface area contributed by atoms with Crippen LogP contribution in [0.2, 0.25) is 0 Å². The summed E-state index contributed by atoms with van der Waals surface area (Å²) in [5.41, 5.74) is 2.36. The Balaban J connectivity index is 1.72. The minimum Gasteiger partial charge on any atom is -0.384 e. The Kier molecular flexibility index (Phi) is 9.91. The number of aliphatic hydroxyl groups excluding tert-OH is 1. The molecule has 1 atom stereocenters. The second-order valence-corrected chi connectivity index (χ2v) is 12.7. The maximum Gasteiger partial charge on any atom is 0.252 e. The first-order valence-electron chi connectivity index (χ1n) is 14.9. The predicted molar refractivity (Wildman–Crippen MR) is 178 cm³/mol. The fourth-order valence-electron chi connectivity index (χ4n) is 5.31. The van der Waals surface area contributed by atoms with Gasteiger partial charge in [0.05, 0.1) is 17.5 Å². The minimum atomic E-state index is -1.18. The Morgan fingerprint density at radius 2 is 1.57 bits per heavy atom. The van der Waals surface area contributed by atoms with Crippen molar-refractivity contribution in [1.29, 1.82) is 0 Å². The molecule has 1 unspecified atom stereocenters. The molecular weight excluding hydrogens is 608 g/mol. The van der Waals surface area contributed by atoms with Crippen LogP contribution in [0.3, 0.4) is 0 Å². The fraction of sp³-hybridized carbons (Fsp3) is 0.250. The van der Waals surface area contributed by atoms with E-state index in [1.807, 2.05) is 37.4 Å². The smallest absolute Gasteiger partial charge is 0.252 e. The van der Waals surface area contributed by atoms with Crippen LogP contribution >= 0.6 is 11.3 Å². The number of carbonyl (C=O) groups is 2. The lowest BCUT2D eigenvalue weighted by molar-refractivity contribution is -0.123. The molecular formula is C36H35F2N3O4S. The molecule has 0 aliphatic carbocycles. The van der Waals surface area contributed by atoms with Gasteiger partial charge >= 0.3 is 0 Å². The van der Waals surface area contributed by atoms with Crippen molar-refractivity contribution < 1.29 is 23.5 Å². The lowest BCUT2D eigenvalue weighted by Gasteiger charge is -2.18. The highest BCUT2D eigenvalue weighted by Crippen LogP contribution is 2.39. The molecule has 0 saturated carbocycles. The van der Waals surface area contributed by atoms with Crippen LogP contribution in [-0.2, 0) is 24.4 Å². The van der Waals surface area contributed by atoms with Gasteiger partial charge in [-0.1, -0.05) is 62.4 Å². The molecule has 7 nitrogen and oxygen atoms in total. The number of benzene rings is 3. The number of fused-ring (bicyclic) bond motifs is 1. The van der Waals surface area contributed by atoms with Gasteiger partial charge < -0.3 is 15.0 Å². The maximum atomic E-state index is 14.9. The number of hydrogen-bond acceptors (Lipinski definition) is 6. The highest BCUT2D eigenvalue weighted by molar-refractivity contribution is 7.22. The second kappa shape index (κ2) is 13.9. The van der Waals surface area contributed by atoms with Gasteiger partial charge in [0.25, 0.3) is 5.91 Å². The Hall–Kier alpha value is -4.51. The Bertz CT molecular complexity index is 1930. The zero-order valence-electron chi connectivity index (χ0n) is 26.0. The first-order valence-corrected chi connectivity index (χ1v) is 15.7. The van der Waals surface area contributed by atoms with Crippen molar-refractivity contribution in [2.75, 3.05) is 12.4 Å². The highest BCUT2D eigenvalue weighted by atomic mass is 32.1. The number of aromatic nitrogens is 1.